The maximum Gasteiger partial charge on any atom is 0.250 e. The second-order valence-corrected chi connectivity index (χ2v) is 10.3. The van der Waals surface area contributed by atoms with Gasteiger partial charge in [0.25, 0.3) is 0 Å². The van der Waals surface area contributed by atoms with Crippen LogP contribution in [0.3, 0.4) is 0 Å². The second kappa shape index (κ2) is 5.95. The minimum atomic E-state index is -1.57. The van der Waals surface area contributed by atoms with Crippen LogP contribution >= 0.6 is 0 Å². The molecule has 0 bridgehead atoms. The molecule has 0 heterocycles. The Morgan fingerprint density at radius 1 is 1.00 bits per heavy atom. The van der Waals surface area contributed by atoms with Crippen molar-refractivity contribution in [3.8, 4) is 0 Å². The Hall–Kier alpha value is -1.02. The molecule has 0 spiro atoms. The van der Waals surface area contributed by atoms with Gasteiger partial charge >= 0.3 is 0 Å². The van der Waals surface area contributed by atoms with Crippen LogP contribution in [-0.4, -0.2) is 8.32 Å². The molecule has 19 heavy (non-hydrogen) atoms. The maximum atomic E-state index is 6.68. The Labute approximate surface area is 118 Å². The molecule has 1 aromatic carbocycles. The molecule has 0 aliphatic heterocycles. The zero-order chi connectivity index (χ0) is 13.9. The van der Waals surface area contributed by atoms with Crippen molar-refractivity contribution >= 4 is 14.1 Å². The topological polar surface area (TPSA) is 9.23 Å². The molecule has 2 heteroatoms. The fraction of sp³-hybridized carbons (Fsp3) is 0.529. The lowest BCUT2D eigenvalue weighted by Gasteiger charge is -2.33. The molecule has 0 saturated heterocycles. The Balaban J connectivity index is 2.38. The van der Waals surface area contributed by atoms with Gasteiger partial charge in [0.15, 0.2) is 0 Å². The lowest BCUT2D eigenvalue weighted by atomic mass is 9.91. The third kappa shape index (κ3) is 2.79. The van der Waals surface area contributed by atoms with Crippen molar-refractivity contribution in [1.29, 1.82) is 0 Å². The van der Waals surface area contributed by atoms with Crippen molar-refractivity contribution in [1.82, 2.24) is 0 Å². The number of hydrogen-bond donors (Lipinski definition) is 0. The van der Waals surface area contributed by atoms with Crippen molar-refractivity contribution < 1.29 is 4.43 Å². The van der Waals surface area contributed by atoms with E-state index in [0.29, 0.717) is 0 Å². The Bertz CT molecular complexity index is 464. The predicted octanol–water partition coefficient (Wildman–Crippen LogP) is 5.39. The molecule has 0 amide bonds. The fourth-order valence-electron chi connectivity index (χ4n) is 2.95. The van der Waals surface area contributed by atoms with E-state index in [1.807, 2.05) is 0 Å². The SMILES string of the molecule is CC[Si](CC)(CC)OC1=C(C)CCc2ccccc21. The highest BCUT2D eigenvalue weighted by molar-refractivity contribution is 6.74. The van der Waals surface area contributed by atoms with E-state index in [2.05, 4.69) is 52.0 Å². The molecule has 0 unspecified atom stereocenters. The summed E-state index contributed by atoms with van der Waals surface area (Å²) in [5.74, 6) is 1.21. The quantitative estimate of drug-likeness (QED) is 0.654. The van der Waals surface area contributed by atoms with E-state index in [1.165, 1.54) is 40.6 Å². The van der Waals surface area contributed by atoms with E-state index < -0.39 is 8.32 Å². The molecule has 1 nitrogen and oxygen atoms in total. The van der Waals surface area contributed by atoms with E-state index in [9.17, 15) is 0 Å². The van der Waals surface area contributed by atoms with Gasteiger partial charge in [0.05, 0.1) is 0 Å². The monoisotopic (exact) mass is 274 g/mol. The molecule has 0 N–H and O–H groups in total. The summed E-state index contributed by atoms with van der Waals surface area (Å²) in [5.41, 5.74) is 4.23. The van der Waals surface area contributed by atoms with Gasteiger partial charge in [0.2, 0.25) is 8.32 Å². The summed E-state index contributed by atoms with van der Waals surface area (Å²) in [6.07, 6.45) is 2.31. The number of fused-ring (bicyclic) bond motifs is 1. The van der Waals surface area contributed by atoms with Crippen LogP contribution in [0.25, 0.3) is 5.76 Å². The first-order valence-corrected chi connectivity index (χ1v) is 10.2. The van der Waals surface area contributed by atoms with Crippen LogP contribution in [0.5, 0.6) is 0 Å². The summed E-state index contributed by atoms with van der Waals surface area (Å²) < 4.78 is 6.68. The van der Waals surface area contributed by atoms with E-state index in [1.54, 1.807) is 0 Å². The van der Waals surface area contributed by atoms with Crippen LogP contribution in [0.1, 0.15) is 45.2 Å². The molecular formula is C17H26OSi. The summed E-state index contributed by atoms with van der Waals surface area (Å²) >= 11 is 0. The zero-order valence-electron chi connectivity index (χ0n) is 12.8. The average molecular weight is 274 g/mol. The minimum Gasteiger partial charge on any atom is -0.543 e. The van der Waals surface area contributed by atoms with Crippen molar-refractivity contribution in [3.05, 3.63) is 41.0 Å². The van der Waals surface area contributed by atoms with Crippen LogP contribution in [-0.2, 0) is 10.8 Å². The molecule has 1 aliphatic carbocycles. The molecule has 0 radical (unpaired) electrons. The lowest BCUT2D eigenvalue weighted by molar-refractivity contribution is 0.480. The van der Waals surface area contributed by atoms with Gasteiger partial charge < -0.3 is 4.43 Å². The molecule has 1 aliphatic rings. The highest BCUT2D eigenvalue weighted by Gasteiger charge is 2.33. The summed E-state index contributed by atoms with van der Waals surface area (Å²) in [7, 11) is -1.57. The number of rotatable bonds is 5. The highest BCUT2D eigenvalue weighted by Crippen LogP contribution is 2.36. The number of aryl methyl sites for hydroxylation is 1. The first kappa shape index (κ1) is 14.4. The molecule has 1 aromatic rings. The molecule has 104 valence electrons. The lowest BCUT2D eigenvalue weighted by Crippen LogP contribution is -2.35. The molecule has 0 atom stereocenters. The van der Waals surface area contributed by atoms with E-state index in [-0.39, 0.29) is 0 Å². The Kier molecular flexibility index (Phi) is 4.51. The smallest absolute Gasteiger partial charge is 0.250 e. The van der Waals surface area contributed by atoms with Crippen LogP contribution in [0, 0.1) is 0 Å². The fourth-order valence-corrected chi connectivity index (χ4v) is 5.60. The normalized spacial score (nSPS) is 15.4. The number of hydrogen-bond acceptors (Lipinski definition) is 1. The first-order valence-electron chi connectivity index (χ1n) is 7.62. The van der Waals surface area contributed by atoms with Crippen LogP contribution in [0.2, 0.25) is 18.1 Å². The minimum absolute atomic E-state index is 1.15. The summed E-state index contributed by atoms with van der Waals surface area (Å²) in [5, 5.41) is 0. The van der Waals surface area contributed by atoms with E-state index >= 15 is 0 Å². The van der Waals surface area contributed by atoms with Crippen molar-refractivity contribution in [2.45, 2.75) is 58.7 Å². The van der Waals surface area contributed by atoms with Crippen LogP contribution in [0.15, 0.2) is 29.8 Å². The van der Waals surface area contributed by atoms with Gasteiger partial charge in [0.1, 0.15) is 5.76 Å². The third-order valence-electron chi connectivity index (χ3n) is 4.67. The standard InChI is InChI=1S/C17H26OSi/c1-5-19(6-2,7-3)18-17-14(4)12-13-15-10-8-9-11-16(15)17/h8-11H,5-7,12-13H2,1-4H3. The molecule has 0 saturated carbocycles. The summed E-state index contributed by atoms with van der Waals surface area (Å²) in [6.45, 7) is 9.13. The number of allylic oxidation sites excluding steroid dienone is 1. The molecule has 0 aromatic heterocycles. The van der Waals surface area contributed by atoms with Gasteiger partial charge in [0, 0.05) is 5.56 Å². The summed E-state index contributed by atoms with van der Waals surface area (Å²) in [4.78, 5) is 0. The predicted molar refractivity (Wildman–Crippen MR) is 85.6 cm³/mol. The van der Waals surface area contributed by atoms with Gasteiger partial charge in [-0.25, -0.2) is 0 Å². The van der Waals surface area contributed by atoms with Crippen molar-refractivity contribution in [2.24, 2.45) is 0 Å². The van der Waals surface area contributed by atoms with Crippen LogP contribution < -0.4 is 0 Å². The zero-order valence-corrected chi connectivity index (χ0v) is 13.8. The highest BCUT2D eigenvalue weighted by atomic mass is 28.4. The molecular weight excluding hydrogens is 248 g/mol. The van der Waals surface area contributed by atoms with Gasteiger partial charge in [-0.1, -0.05) is 45.0 Å². The third-order valence-corrected chi connectivity index (χ3v) is 9.17. The van der Waals surface area contributed by atoms with Crippen molar-refractivity contribution in [2.75, 3.05) is 0 Å². The van der Waals surface area contributed by atoms with Crippen molar-refractivity contribution in [3.63, 3.8) is 0 Å². The molecule has 2 rings (SSSR count). The average Bonchev–Trinajstić information content (AvgIpc) is 2.47. The second-order valence-electron chi connectivity index (χ2n) is 5.61. The Morgan fingerprint density at radius 3 is 2.26 bits per heavy atom. The van der Waals surface area contributed by atoms with Gasteiger partial charge in [-0.15, -0.1) is 0 Å². The van der Waals surface area contributed by atoms with Gasteiger partial charge in [-0.2, -0.15) is 0 Å². The molecule has 0 fully saturated rings. The van der Waals surface area contributed by atoms with E-state index in [4.69, 9.17) is 4.43 Å². The Morgan fingerprint density at radius 2 is 1.63 bits per heavy atom. The maximum absolute atomic E-state index is 6.68. The largest absolute Gasteiger partial charge is 0.543 e. The van der Waals surface area contributed by atoms with Gasteiger partial charge in [-0.3, -0.25) is 0 Å². The van der Waals surface area contributed by atoms with Crippen LogP contribution in [0.4, 0.5) is 0 Å². The first-order chi connectivity index (χ1) is 9.15. The summed E-state index contributed by atoms with van der Waals surface area (Å²) in [6, 6.07) is 12.4. The van der Waals surface area contributed by atoms with Gasteiger partial charge in [-0.05, 0) is 49.0 Å². The van der Waals surface area contributed by atoms with E-state index in [0.717, 1.165) is 12.8 Å². The number of benzene rings is 1.